The first-order valence-corrected chi connectivity index (χ1v) is 6.11. The van der Waals surface area contributed by atoms with Crippen molar-refractivity contribution in [3.05, 3.63) is 59.3 Å². The molecule has 2 aliphatic carbocycles. The molecule has 0 unspecified atom stereocenters. The van der Waals surface area contributed by atoms with E-state index in [9.17, 15) is 0 Å². The van der Waals surface area contributed by atoms with Gasteiger partial charge in [-0.2, -0.15) is 0 Å². The predicted molar refractivity (Wildman–Crippen MR) is 67.2 cm³/mol. The minimum atomic E-state index is 0.607. The average molecular weight is 211 g/mol. The summed E-state index contributed by atoms with van der Waals surface area (Å²) >= 11 is 0. The molecule has 1 N–H and O–H groups in total. The fourth-order valence-corrected chi connectivity index (χ4v) is 2.65. The molecule has 0 bridgehead atoms. The molecule has 0 amide bonds. The molecule has 0 atom stereocenters. The lowest BCUT2D eigenvalue weighted by molar-refractivity contribution is 0.577. The normalized spacial score (nSPS) is 19.4. The van der Waals surface area contributed by atoms with E-state index in [1.165, 1.54) is 42.5 Å². The minimum Gasteiger partial charge on any atom is -0.385 e. The van der Waals surface area contributed by atoms with Crippen molar-refractivity contribution in [2.24, 2.45) is 0 Å². The number of fused-ring (bicyclic) bond motifs is 1. The lowest BCUT2D eigenvalue weighted by Crippen LogP contribution is -2.29. The highest BCUT2D eigenvalue weighted by Crippen LogP contribution is 2.23. The van der Waals surface area contributed by atoms with E-state index in [1.54, 1.807) is 0 Å². The fraction of sp³-hybridized carbons (Fsp3) is 0.333. The second-order valence-corrected chi connectivity index (χ2v) is 4.68. The Balaban J connectivity index is 1.68. The van der Waals surface area contributed by atoms with Crippen molar-refractivity contribution in [2.45, 2.75) is 31.7 Å². The molecule has 0 fully saturated rings. The van der Waals surface area contributed by atoms with E-state index < -0.39 is 0 Å². The fourth-order valence-electron chi connectivity index (χ4n) is 2.65. The van der Waals surface area contributed by atoms with Crippen molar-refractivity contribution < 1.29 is 0 Å². The maximum absolute atomic E-state index is 3.67. The van der Waals surface area contributed by atoms with Gasteiger partial charge in [-0.1, -0.05) is 36.4 Å². The molecule has 0 saturated carbocycles. The van der Waals surface area contributed by atoms with E-state index in [0.717, 1.165) is 0 Å². The van der Waals surface area contributed by atoms with Gasteiger partial charge in [-0.25, -0.2) is 0 Å². The van der Waals surface area contributed by atoms with E-state index in [1.807, 2.05) is 0 Å². The number of nitrogens with one attached hydrogen (secondary N) is 1. The third kappa shape index (κ3) is 1.90. The van der Waals surface area contributed by atoms with Crippen molar-refractivity contribution in [3.63, 3.8) is 0 Å². The molecule has 0 saturated heterocycles. The summed E-state index contributed by atoms with van der Waals surface area (Å²) in [7, 11) is 0. The van der Waals surface area contributed by atoms with Crippen molar-refractivity contribution in [2.75, 3.05) is 0 Å². The first-order valence-electron chi connectivity index (χ1n) is 6.11. The van der Waals surface area contributed by atoms with Gasteiger partial charge < -0.3 is 5.32 Å². The predicted octanol–water partition coefficient (Wildman–Crippen LogP) is 2.98. The van der Waals surface area contributed by atoms with Crippen LogP contribution in [0.5, 0.6) is 0 Å². The van der Waals surface area contributed by atoms with Crippen LogP contribution in [0.15, 0.2) is 48.2 Å². The Kier molecular flexibility index (Phi) is 2.53. The lowest BCUT2D eigenvalue weighted by atomic mass is 10.1. The van der Waals surface area contributed by atoms with E-state index in [-0.39, 0.29) is 0 Å². The summed E-state index contributed by atoms with van der Waals surface area (Å²) in [5.74, 6) is 0. The van der Waals surface area contributed by atoms with Crippen LogP contribution in [0.2, 0.25) is 0 Å². The SMILES string of the molecule is C1=CCCC(NC2Cc3ccccc3C2)=C1. The number of hydrogen-bond donors (Lipinski definition) is 1. The Bertz CT molecular complexity index is 418. The molecule has 1 aromatic carbocycles. The van der Waals surface area contributed by atoms with Gasteiger partial charge >= 0.3 is 0 Å². The second-order valence-electron chi connectivity index (χ2n) is 4.68. The zero-order valence-electron chi connectivity index (χ0n) is 9.45. The van der Waals surface area contributed by atoms with Gasteiger partial charge in [0.05, 0.1) is 0 Å². The van der Waals surface area contributed by atoms with Crippen LogP contribution in [0.3, 0.4) is 0 Å². The van der Waals surface area contributed by atoms with Crippen LogP contribution in [0.1, 0.15) is 24.0 Å². The van der Waals surface area contributed by atoms with Gasteiger partial charge in [0.15, 0.2) is 0 Å². The third-order valence-electron chi connectivity index (χ3n) is 3.45. The first-order chi connectivity index (χ1) is 7.92. The maximum atomic E-state index is 3.67. The molecule has 0 aromatic heterocycles. The van der Waals surface area contributed by atoms with E-state index in [0.29, 0.717) is 6.04 Å². The van der Waals surface area contributed by atoms with Crippen molar-refractivity contribution in [3.8, 4) is 0 Å². The Morgan fingerprint density at radius 3 is 2.44 bits per heavy atom. The van der Waals surface area contributed by atoms with Gasteiger partial charge in [-0.15, -0.1) is 0 Å². The minimum absolute atomic E-state index is 0.607. The highest BCUT2D eigenvalue weighted by molar-refractivity contribution is 5.34. The highest BCUT2D eigenvalue weighted by Gasteiger charge is 2.20. The smallest absolute Gasteiger partial charge is 0.0339 e. The van der Waals surface area contributed by atoms with Gasteiger partial charge in [-0.3, -0.25) is 0 Å². The number of benzene rings is 1. The molecule has 3 rings (SSSR count). The Morgan fingerprint density at radius 1 is 1.06 bits per heavy atom. The van der Waals surface area contributed by atoms with Crippen LogP contribution in [0.4, 0.5) is 0 Å². The maximum Gasteiger partial charge on any atom is 0.0339 e. The number of rotatable bonds is 2. The summed E-state index contributed by atoms with van der Waals surface area (Å²) in [6.07, 6.45) is 11.3. The van der Waals surface area contributed by atoms with Crippen LogP contribution in [-0.4, -0.2) is 6.04 Å². The molecule has 0 spiro atoms. The van der Waals surface area contributed by atoms with Crippen LogP contribution in [-0.2, 0) is 12.8 Å². The molecule has 1 aromatic rings. The van der Waals surface area contributed by atoms with Crippen molar-refractivity contribution in [1.82, 2.24) is 5.32 Å². The average Bonchev–Trinajstić information content (AvgIpc) is 2.72. The monoisotopic (exact) mass is 211 g/mol. The van der Waals surface area contributed by atoms with Gasteiger partial charge in [0.2, 0.25) is 0 Å². The zero-order valence-corrected chi connectivity index (χ0v) is 9.45. The van der Waals surface area contributed by atoms with Gasteiger partial charge in [0.25, 0.3) is 0 Å². The summed E-state index contributed by atoms with van der Waals surface area (Å²) in [6.45, 7) is 0. The van der Waals surface area contributed by atoms with Gasteiger partial charge in [0.1, 0.15) is 0 Å². The van der Waals surface area contributed by atoms with Crippen LogP contribution < -0.4 is 5.32 Å². The van der Waals surface area contributed by atoms with Crippen LogP contribution in [0, 0.1) is 0 Å². The molecule has 0 heterocycles. The molecule has 1 nitrogen and oxygen atoms in total. The topological polar surface area (TPSA) is 12.0 Å². The van der Waals surface area contributed by atoms with E-state index in [4.69, 9.17) is 0 Å². The van der Waals surface area contributed by atoms with E-state index in [2.05, 4.69) is 47.8 Å². The van der Waals surface area contributed by atoms with Crippen LogP contribution >= 0.6 is 0 Å². The molecule has 0 aliphatic heterocycles. The standard InChI is InChI=1S/C15H17N/c1-2-8-14(9-3-1)16-15-10-12-6-4-5-7-13(12)11-15/h1-2,4-8,15-16H,3,9-11H2. The first kappa shape index (κ1) is 9.71. The number of allylic oxidation sites excluding steroid dienone is 4. The molecule has 82 valence electrons. The molecule has 1 heteroatoms. The number of hydrogen-bond acceptors (Lipinski definition) is 1. The Labute approximate surface area is 96.9 Å². The Morgan fingerprint density at radius 2 is 1.81 bits per heavy atom. The summed E-state index contributed by atoms with van der Waals surface area (Å²) in [6, 6.07) is 9.40. The summed E-state index contributed by atoms with van der Waals surface area (Å²) in [5.41, 5.74) is 4.44. The lowest BCUT2D eigenvalue weighted by Gasteiger charge is -2.17. The van der Waals surface area contributed by atoms with Gasteiger partial charge in [0, 0.05) is 11.7 Å². The summed E-state index contributed by atoms with van der Waals surface area (Å²) < 4.78 is 0. The molecule has 16 heavy (non-hydrogen) atoms. The summed E-state index contributed by atoms with van der Waals surface area (Å²) in [4.78, 5) is 0. The van der Waals surface area contributed by atoms with Crippen molar-refractivity contribution in [1.29, 1.82) is 0 Å². The molecular weight excluding hydrogens is 194 g/mol. The van der Waals surface area contributed by atoms with E-state index >= 15 is 0 Å². The highest BCUT2D eigenvalue weighted by atomic mass is 14.9. The quantitative estimate of drug-likeness (QED) is 0.793. The van der Waals surface area contributed by atoms with Crippen LogP contribution in [0.25, 0.3) is 0 Å². The summed E-state index contributed by atoms with van der Waals surface area (Å²) in [5, 5.41) is 3.67. The largest absolute Gasteiger partial charge is 0.385 e. The second kappa shape index (κ2) is 4.17. The molecule has 2 aliphatic rings. The van der Waals surface area contributed by atoms with Crippen molar-refractivity contribution >= 4 is 0 Å². The zero-order chi connectivity index (χ0) is 10.8. The Hall–Kier alpha value is -1.50. The van der Waals surface area contributed by atoms with Gasteiger partial charge in [-0.05, 0) is 42.9 Å². The molecular formula is C15H17N. The molecule has 0 radical (unpaired) electrons. The third-order valence-corrected chi connectivity index (χ3v) is 3.45.